The summed E-state index contributed by atoms with van der Waals surface area (Å²) in [6.45, 7) is 0. The predicted molar refractivity (Wildman–Crippen MR) is 58.2 cm³/mol. The van der Waals surface area contributed by atoms with Gasteiger partial charge in [-0.3, -0.25) is 0 Å². The molecule has 0 amide bonds. The monoisotopic (exact) mass is 234 g/mol. The second-order valence-corrected chi connectivity index (χ2v) is 3.04. The molecule has 0 saturated heterocycles. The molecule has 88 valence electrons. The quantitative estimate of drug-likeness (QED) is 0.328. The third-order valence-electron chi connectivity index (χ3n) is 1.98. The average Bonchev–Trinajstić information content (AvgIpc) is 2.87. The number of ether oxygens (including phenoxy) is 1. The van der Waals surface area contributed by atoms with Gasteiger partial charge in [0.25, 0.3) is 0 Å². The SMILES string of the molecule is COc1cccc(-n2cnc(C(N)=NO)n2)n1. The first-order chi connectivity index (χ1) is 8.24. The second-order valence-electron chi connectivity index (χ2n) is 3.04. The van der Waals surface area contributed by atoms with E-state index in [0.29, 0.717) is 11.7 Å². The summed E-state index contributed by atoms with van der Waals surface area (Å²) in [4.78, 5) is 8.03. The van der Waals surface area contributed by atoms with Gasteiger partial charge in [-0.15, -0.1) is 5.10 Å². The van der Waals surface area contributed by atoms with Gasteiger partial charge < -0.3 is 15.7 Å². The Morgan fingerprint density at radius 2 is 2.35 bits per heavy atom. The van der Waals surface area contributed by atoms with Crippen molar-refractivity contribution in [3.05, 3.63) is 30.4 Å². The highest BCUT2D eigenvalue weighted by Crippen LogP contribution is 2.09. The Labute approximate surface area is 96.4 Å². The molecule has 0 aliphatic carbocycles. The molecule has 8 nitrogen and oxygen atoms in total. The first-order valence-corrected chi connectivity index (χ1v) is 4.65. The van der Waals surface area contributed by atoms with E-state index in [4.69, 9.17) is 15.7 Å². The van der Waals surface area contributed by atoms with Crippen LogP contribution in [-0.4, -0.2) is 37.9 Å². The van der Waals surface area contributed by atoms with E-state index in [1.165, 1.54) is 18.1 Å². The Kier molecular flexibility index (Phi) is 2.86. The van der Waals surface area contributed by atoms with Crippen molar-refractivity contribution in [2.75, 3.05) is 7.11 Å². The molecule has 0 radical (unpaired) electrons. The molecule has 2 aromatic rings. The minimum absolute atomic E-state index is 0.122. The van der Waals surface area contributed by atoms with Gasteiger partial charge in [0.05, 0.1) is 7.11 Å². The van der Waals surface area contributed by atoms with Gasteiger partial charge in [0.15, 0.2) is 5.82 Å². The van der Waals surface area contributed by atoms with Crippen LogP contribution in [0.5, 0.6) is 5.88 Å². The molecule has 2 aromatic heterocycles. The van der Waals surface area contributed by atoms with Gasteiger partial charge in [0.2, 0.25) is 17.5 Å². The molecular weight excluding hydrogens is 224 g/mol. The van der Waals surface area contributed by atoms with Crippen LogP contribution in [0.3, 0.4) is 0 Å². The number of amidine groups is 1. The molecule has 8 heteroatoms. The van der Waals surface area contributed by atoms with Crippen molar-refractivity contribution in [1.82, 2.24) is 19.7 Å². The van der Waals surface area contributed by atoms with Crippen LogP contribution in [0.2, 0.25) is 0 Å². The van der Waals surface area contributed by atoms with Crippen LogP contribution in [0.1, 0.15) is 5.82 Å². The number of aromatic nitrogens is 4. The molecule has 0 spiro atoms. The van der Waals surface area contributed by atoms with E-state index >= 15 is 0 Å². The van der Waals surface area contributed by atoms with Gasteiger partial charge >= 0.3 is 0 Å². The standard InChI is InChI=1S/C9H10N6O2/c1-17-7-4-2-3-6(12-7)15-5-11-9(13-15)8(10)14-16/h2-5,16H,1H3,(H2,10,14). The van der Waals surface area contributed by atoms with Crippen LogP contribution in [0.4, 0.5) is 0 Å². The van der Waals surface area contributed by atoms with Crippen molar-refractivity contribution in [2.24, 2.45) is 10.9 Å². The van der Waals surface area contributed by atoms with Crippen molar-refractivity contribution in [3.63, 3.8) is 0 Å². The molecule has 2 rings (SSSR count). The zero-order valence-corrected chi connectivity index (χ0v) is 8.98. The largest absolute Gasteiger partial charge is 0.481 e. The first-order valence-electron chi connectivity index (χ1n) is 4.65. The molecule has 0 atom stereocenters. The molecule has 0 fully saturated rings. The summed E-state index contributed by atoms with van der Waals surface area (Å²) in [5, 5.41) is 15.3. The van der Waals surface area contributed by atoms with Crippen LogP contribution >= 0.6 is 0 Å². The summed E-state index contributed by atoms with van der Waals surface area (Å²) in [7, 11) is 1.52. The van der Waals surface area contributed by atoms with Gasteiger partial charge in [-0.25, -0.2) is 9.67 Å². The summed E-state index contributed by atoms with van der Waals surface area (Å²) in [5.41, 5.74) is 5.36. The number of oxime groups is 1. The molecule has 2 heterocycles. The highest BCUT2D eigenvalue weighted by atomic mass is 16.5. The number of hydrogen-bond acceptors (Lipinski definition) is 6. The maximum absolute atomic E-state index is 8.49. The van der Waals surface area contributed by atoms with Crippen molar-refractivity contribution < 1.29 is 9.94 Å². The van der Waals surface area contributed by atoms with Crippen LogP contribution in [0.25, 0.3) is 5.82 Å². The van der Waals surface area contributed by atoms with Crippen molar-refractivity contribution in [2.45, 2.75) is 0 Å². The number of pyridine rings is 1. The third kappa shape index (κ3) is 2.14. The summed E-state index contributed by atoms with van der Waals surface area (Å²) in [6, 6.07) is 5.21. The molecular formula is C9H10N6O2. The van der Waals surface area contributed by atoms with Gasteiger partial charge in [0.1, 0.15) is 6.33 Å². The maximum Gasteiger partial charge on any atom is 0.220 e. The maximum atomic E-state index is 8.49. The van der Waals surface area contributed by atoms with Crippen LogP contribution in [0, 0.1) is 0 Å². The van der Waals surface area contributed by atoms with E-state index in [0.717, 1.165) is 0 Å². The highest BCUT2D eigenvalue weighted by Gasteiger charge is 2.08. The van der Waals surface area contributed by atoms with E-state index in [-0.39, 0.29) is 11.7 Å². The Morgan fingerprint density at radius 3 is 3.06 bits per heavy atom. The fraction of sp³-hybridized carbons (Fsp3) is 0.111. The average molecular weight is 234 g/mol. The molecule has 0 unspecified atom stereocenters. The number of rotatable bonds is 3. The molecule has 0 bridgehead atoms. The molecule has 0 aliphatic heterocycles. The van der Waals surface area contributed by atoms with E-state index in [1.807, 2.05) is 0 Å². The van der Waals surface area contributed by atoms with Crippen molar-refractivity contribution >= 4 is 5.84 Å². The molecule has 17 heavy (non-hydrogen) atoms. The van der Waals surface area contributed by atoms with Gasteiger partial charge in [-0.1, -0.05) is 11.2 Å². The van der Waals surface area contributed by atoms with Gasteiger partial charge in [-0.2, -0.15) is 4.98 Å². The lowest BCUT2D eigenvalue weighted by molar-refractivity contribution is 0.318. The second kappa shape index (κ2) is 4.47. The fourth-order valence-electron chi connectivity index (χ4n) is 1.18. The molecule has 0 saturated carbocycles. The van der Waals surface area contributed by atoms with E-state index in [1.54, 1.807) is 18.2 Å². The normalized spacial score (nSPS) is 11.5. The lowest BCUT2D eigenvalue weighted by Crippen LogP contribution is -2.15. The van der Waals surface area contributed by atoms with Gasteiger partial charge in [0, 0.05) is 6.07 Å². The number of methoxy groups -OCH3 is 1. The van der Waals surface area contributed by atoms with Crippen LogP contribution < -0.4 is 10.5 Å². The number of nitrogens with two attached hydrogens (primary N) is 1. The van der Waals surface area contributed by atoms with Crippen molar-refractivity contribution in [3.8, 4) is 11.7 Å². The summed E-state index contributed by atoms with van der Waals surface area (Å²) >= 11 is 0. The van der Waals surface area contributed by atoms with Crippen LogP contribution in [0.15, 0.2) is 29.7 Å². The topological polar surface area (TPSA) is 111 Å². The van der Waals surface area contributed by atoms with E-state index in [2.05, 4.69) is 20.2 Å². The van der Waals surface area contributed by atoms with E-state index in [9.17, 15) is 0 Å². The van der Waals surface area contributed by atoms with E-state index < -0.39 is 0 Å². The fourth-order valence-corrected chi connectivity index (χ4v) is 1.18. The highest BCUT2D eigenvalue weighted by molar-refractivity contribution is 5.93. The van der Waals surface area contributed by atoms with Gasteiger partial charge in [-0.05, 0) is 6.07 Å². The third-order valence-corrected chi connectivity index (χ3v) is 1.98. The number of nitrogens with zero attached hydrogens (tertiary/aromatic N) is 5. The Morgan fingerprint density at radius 1 is 1.53 bits per heavy atom. The molecule has 0 aliphatic rings. The lowest BCUT2D eigenvalue weighted by atomic mass is 10.4. The zero-order chi connectivity index (χ0) is 12.3. The summed E-state index contributed by atoms with van der Waals surface area (Å²) in [5.74, 6) is 0.945. The van der Waals surface area contributed by atoms with Crippen LogP contribution in [-0.2, 0) is 0 Å². The molecule has 3 N–H and O–H groups in total. The zero-order valence-electron chi connectivity index (χ0n) is 8.98. The summed E-state index contributed by atoms with van der Waals surface area (Å²) < 4.78 is 6.39. The predicted octanol–water partition coefficient (Wildman–Crippen LogP) is -0.235. The minimum Gasteiger partial charge on any atom is -0.481 e. The minimum atomic E-state index is -0.161. The Balaban J connectivity index is 2.36. The number of hydrogen-bond donors (Lipinski definition) is 2. The Hall–Kier alpha value is -2.64. The van der Waals surface area contributed by atoms with Crippen molar-refractivity contribution in [1.29, 1.82) is 0 Å². The first kappa shape index (κ1) is 10.9. The lowest BCUT2D eigenvalue weighted by Gasteiger charge is -2.01. The molecule has 0 aromatic carbocycles. The summed E-state index contributed by atoms with van der Waals surface area (Å²) in [6.07, 6.45) is 1.41. The smallest absolute Gasteiger partial charge is 0.220 e. The Bertz CT molecular complexity index is 550.